The maximum absolute atomic E-state index is 14.5. The van der Waals surface area contributed by atoms with Crippen LogP contribution in [-0.4, -0.2) is 20.8 Å². The number of benzene rings is 2. The van der Waals surface area contributed by atoms with Crippen LogP contribution in [-0.2, 0) is 0 Å². The summed E-state index contributed by atoms with van der Waals surface area (Å²) in [4.78, 5) is 21.4. The molecule has 4 aromatic rings. The minimum absolute atomic E-state index is 0.00887. The topological polar surface area (TPSA) is 47.8 Å². The van der Waals surface area contributed by atoms with Crippen LogP contribution < -0.4 is 5.56 Å². The fourth-order valence-electron chi connectivity index (χ4n) is 3.16. The average molecular weight is 431 g/mol. The molecular formula is C21H13F4N3OS. The van der Waals surface area contributed by atoms with Gasteiger partial charge >= 0.3 is 0 Å². The summed E-state index contributed by atoms with van der Waals surface area (Å²) >= 11 is 1.16. The number of hydrogen-bond acceptors (Lipinski definition) is 4. The highest BCUT2D eigenvalue weighted by Crippen LogP contribution is 2.31. The number of aromatic nitrogens is 3. The predicted octanol–water partition coefficient (Wildman–Crippen LogP) is 5.03. The largest absolute Gasteiger partial charge is 0.269 e. The van der Waals surface area contributed by atoms with Crippen molar-refractivity contribution < 1.29 is 17.6 Å². The Kier molecular flexibility index (Phi) is 5.07. The maximum atomic E-state index is 14.5. The van der Waals surface area contributed by atoms with Gasteiger partial charge in [-0.1, -0.05) is 17.8 Å². The van der Waals surface area contributed by atoms with Crippen molar-refractivity contribution >= 4 is 22.8 Å². The highest BCUT2D eigenvalue weighted by molar-refractivity contribution is 7.98. The molecule has 0 fully saturated rings. The molecule has 0 atom stereocenters. The number of nitrogens with zero attached hydrogens (tertiary/aromatic N) is 3. The Labute approximate surface area is 172 Å². The van der Waals surface area contributed by atoms with Crippen molar-refractivity contribution in [2.45, 2.75) is 12.1 Å². The van der Waals surface area contributed by atoms with Crippen LogP contribution in [0, 0.1) is 30.2 Å². The first-order chi connectivity index (χ1) is 14.3. The summed E-state index contributed by atoms with van der Waals surface area (Å²) in [6, 6.07) is 8.47. The molecule has 2 aromatic heterocycles. The van der Waals surface area contributed by atoms with Crippen LogP contribution in [0.3, 0.4) is 0 Å². The zero-order valence-electron chi connectivity index (χ0n) is 15.7. The molecule has 152 valence electrons. The first-order valence-corrected chi connectivity index (χ1v) is 9.92. The molecule has 0 saturated carbocycles. The summed E-state index contributed by atoms with van der Waals surface area (Å²) in [6.07, 6.45) is 1.70. The second-order valence-corrected chi connectivity index (χ2v) is 7.23. The molecule has 30 heavy (non-hydrogen) atoms. The molecule has 0 spiro atoms. The number of rotatable bonds is 3. The molecule has 0 amide bonds. The van der Waals surface area contributed by atoms with Crippen LogP contribution in [0.15, 0.2) is 52.4 Å². The Morgan fingerprint density at radius 3 is 2.43 bits per heavy atom. The molecule has 9 heteroatoms. The minimum atomic E-state index is -1.70. The van der Waals surface area contributed by atoms with E-state index in [0.717, 1.165) is 40.1 Å². The lowest BCUT2D eigenvalue weighted by Gasteiger charge is -2.15. The summed E-state index contributed by atoms with van der Waals surface area (Å²) < 4.78 is 56.5. The molecule has 0 bridgehead atoms. The maximum Gasteiger partial charge on any atom is 0.256 e. The van der Waals surface area contributed by atoms with Crippen molar-refractivity contribution in [2.75, 3.05) is 6.26 Å². The Balaban J connectivity index is 2.15. The molecule has 0 N–H and O–H groups in total. The fourth-order valence-corrected chi connectivity index (χ4v) is 3.52. The average Bonchev–Trinajstić information content (AvgIpc) is 2.73. The quantitative estimate of drug-likeness (QED) is 0.198. The Morgan fingerprint density at radius 2 is 1.70 bits per heavy atom. The summed E-state index contributed by atoms with van der Waals surface area (Å²) in [5.74, 6) is -5.07. The van der Waals surface area contributed by atoms with Crippen LogP contribution in [0.25, 0.3) is 28.0 Å². The van der Waals surface area contributed by atoms with Crippen molar-refractivity contribution in [2.24, 2.45) is 0 Å². The smallest absolute Gasteiger partial charge is 0.256 e. The fraction of sp³-hybridized carbons (Fsp3) is 0.0952. The molecule has 4 rings (SSSR count). The van der Waals surface area contributed by atoms with Crippen LogP contribution in [0.5, 0.6) is 0 Å². The van der Waals surface area contributed by atoms with E-state index in [1.807, 2.05) is 0 Å². The molecule has 0 saturated heterocycles. The van der Waals surface area contributed by atoms with E-state index in [1.54, 1.807) is 19.2 Å². The van der Waals surface area contributed by atoms with E-state index in [4.69, 9.17) is 0 Å². The minimum Gasteiger partial charge on any atom is -0.269 e. The molecule has 0 aliphatic carbocycles. The zero-order valence-corrected chi connectivity index (χ0v) is 16.5. The van der Waals surface area contributed by atoms with Gasteiger partial charge in [-0.05, 0) is 49.1 Å². The van der Waals surface area contributed by atoms with Gasteiger partial charge in [0.15, 0.2) is 28.3 Å². The standard InChI is InChI=1S/C21H13F4N3OS/c1-10-3-4-11(22)9-13(10)19-12-5-8-16(29)28(20(12)27-21(26-19)30-2)15-7-6-14(23)17(24)18(15)25/h3-9H,1-2H3. The van der Waals surface area contributed by atoms with Gasteiger partial charge in [0.2, 0.25) is 0 Å². The van der Waals surface area contributed by atoms with E-state index in [1.165, 1.54) is 18.2 Å². The number of halogens is 4. The number of aryl methyl sites for hydroxylation is 1. The predicted molar refractivity (Wildman–Crippen MR) is 107 cm³/mol. The molecule has 0 radical (unpaired) electrons. The van der Waals surface area contributed by atoms with Gasteiger partial charge in [0.05, 0.1) is 11.4 Å². The van der Waals surface area contributed by atoms with E-state index < -0.39 is 34.5 Å². The number of pyridine rings is 1. The van der Waals surface area contributed by atoms with Crippen molar-refractivity contribution in [1.29, 1.82) is 0 Å². The lowest BCUT2D eigenvalue weighted by Crippen LogP contribution is -2.20. The first-order valence-electron chi connectivity index (χ1n) is 8.70. The molecule has 4 nitrogen and oxygen atoms in total. The summed E-state index contributed by atoms with van der Waals surface area (Å²) in [5, 5.41) is 0.564. The number of fused-ring (bicyclic) bond motifs is 1. The van der Waals surface area contributed by atoms with E-state index >= 15 is 0 Å². The summed E-state index contributed by atoms with van der Waals surface area (Å²) in [6.45, 7) is 1.77. The summed E-state index contributed by atoms with van der Waals surface area (Å²) in [7, 11) is 0. The van der Waals surface area contributed by atoms with Gasteiger partial charge in [0.1, 0.15) is 5.82 Å². The molecule has 0 aliphatic rings. The van der Waals surface area contributed by atoms with Gasteiger partial charge in [-0.3, -0.25) is 9.36 Å². The van der Waals surface area contributed by atoms with E-state index in [0.29, 0.717) is 16.6 Å². The molecular weight excluding hydrogens is 418 g/mol. The van der Waals surface area contributed by atoms with Gasteiger partial charge in [-0.25, -0.2) is 27.5 Å². The van der Waals surface area contributed by atoms with Crippen molar-refractivity contribution in [1.82, 2.24) is 14.5 Å². The van der Waals surface area contributed by atoms with E-state index in [2.05, 4.69) is 9.97 Å². The molecule has 2 heterocycles. The van der Waals surface area contributed by atoms with Crippen LogP contribution in [0.4, 0.5) is 17.6 Å². The van der Waals surface area contributed by atoms with Gasteiger partial charge in [0, 0.05) is 17.0 Å². The lowest BCUT2D eigenvalue weighted by atomic mass is 10.0. The molecule has 0 aliphatic heterocycles. The Bertz CT molecular complexity index is 1370. The van der Waals surface area contributed by atoms with Crippen LogP contribution >= 0.6 is 11.8 Å². The van der Waals surface area contributed by atoms with Gasteiger partial charge in [0.25, 0.3) is 5.56 Å². The summed E-state index contributed by atoms with van der Waals surface area (Å²) in [5.41, 5.74) is 0.328. The highest BCUT2D eigenvalue weighted by Gasteiger charge is 2.21. The van der Waals surface area contributed by atoms with Gasteiger partial charge in [-0.15, -0.1) is 0 Å². The van der Waals surface area contributed by atoms with Crippen LogP contribution in [0.2, 0.25) is 0 Å². The first kappa shape index (κ1) is 20.1. The monoisotopic (exact) mass is 431 g/mol. The highest BCUT2D eigenvalue weighted by atomic mass is 32.2. The van der Waals surface area contributed by atoms with E-state index in [-0.39, 0.29) is 10.8 Å². The van der Waals surface area contributed by atoms with E-state index in [9.17, 15) is 22.4 Å². The Hall–Kier alpha value is -3.20. The van der Waals surface area contributed by atoms with Gasteiger partial charge < -0.3 is 0 Å². The normalized spacial score (nSPS) is 11.3. The molecule has 0 unspecified atom stereocenters. The van der Waals surface area contributed by atoms with Gasteiger partial charge in [-0.2, -0.15) is 0 Å². The Morgan fingerprint density at radius 1 is 0.933 bits per heavy atom. The van der Waals surface area contributed by atoms with Crippen molar-refractivity contribution in [3.63, 3.8) is 0 Å². The lowest BCUT2D eigenvalue weighted by molar-refractivity contribution is 0.444. The second kappa shape index (κ2) is 7.56. The number of hydrogen-bond donors (Lipinski definition) is 0. The third kappa shape index (κ3) is 3.24. The van der Waals surface area contributed by atoms with Crippen molar-refractivity contribution in [3.8, 4) is 16.9 Å². The van der Waals surface area contributed by atoms with Crippen molar-refractivity contribution in [3.05, 3.63) is 81.7 Å². The zero-order chi connectivity index (χ0) is 21.6. The van der Waals surface area contributed by atoms with Crippen LogP contribution in [0.1, 0.15) is 5.56 Å². The second-order valence-electron chi connectivity index (χ2n) is 6.46. The third-order valence-corrected chi connectivity index (χ3v) is 5.17. The SMILES string of the molecule is CSc1nc(-c2cc(F)ccc2C)c2ccc(=O)n(-c3ccc(F)c(F)c3F)c2n1. The number of thioether (sulfide) groups is 1. The molecule has 2 aromatic carbocycles. The third-order valence-electron chi connectivity index (χ3n) is 4.62.